The van der Waals surface area contributed by atoms with Crippen molar-refractivity contribution in [2.24, 2.45) is 0 Å². The van der Waals surface area contributed by atoms with E-state index in [1.165, 1.54) is 12.1 Å². The summed E-state index contributed by atoms with van der Waals surface area (Å²) in [5.41, 5.74) is 0.402. The Bertz CT molecular complexity index is 487. The third-order valence-electron chi connectivity index (χ3n) is 3.40. The number of hydrogen-bond donors (Lipinski definition) is 0. The van der Waals surface area contributed by atoms with Crippen LogP contribution in [0.5, 0.6) is 0 Å². The van der Waals surface area contributed by atoms with Crippen LogP contribution in [-0.2, 0) is 4.74 Å². The predicted octanol–water partition coefficient (Wildman–Crippen LogP) is 3.02. The molecule has 1 amide bonds. The molecule has 108 valence electrons. The molecule has 2 rings (SSSR count). The number of carbonyl (C=O) groups excluding carboxylic acids is 1. The topological polar surface area (TPSA) is 29.5 Å². The summed E-state index contributed by atoms with van der Waals surface area (Å²) < 4.78 is 18.9. The van der Waals surface area contributed by atoms with Crippen molar-refractivity contribution >= 4 is 5.91 Å². The lowest BCUT2D eigenvalue weighted by Crippen LogP contribution is -2.43. The molecule has 1 fully saturated rings. The van der Waals surface area contributed by atoms with Crippen molar-refractivity contribution < 1.29 is 13.9 Å². The van der Waals surface area contributed by atoms with Gasteiger partial charge in [-0.05, 0) is 38.0 Å². The summed E-state index contributed by atoms with van der Waals surface area (Å²) in [5.74, 6) is -0.502. The first kappa shape index (κ1) is 14.7. The van der Waals surface area contributed by atoms with Crippen molar-refractivity contribution in [1.82, 2.24) is 4.90 Å². The molecule has 1 unspecified atom stereocenters. The molecule has 1 aromatic rings. The molecular formula is C16H20FNO2. The Morgan fingerprint density at radius 3 is 3.15 bits per heavy atom. The number of halogens is 1. The summed E-state index contributed by atoms with van der Waals surface area (Å²) in [7, 11) is 0. The highest BCUT2D eigenvalue weighted by Gasteiger charge is 2.24. The lowest BCUT2D eigenvalue weighted by atomic mass is 10.1. The number of hydrogen-bond acceptors (Lipinski definition) is 2. The van der Waals surface area contributed by atoms with Crippen LogP contribution in [0.4, 0.5) is 4.39 Å². The van der Waals surface area contributed by atoms with Gasteiger partial charge in [-0.25, -0.2) is 4.39 Å². The molecule has 3 nitrogen and oxygen atoms in total. The van der Waals surface area contributed by atoms with Gasteiger partial charge in [-0.2, -0.15) is 0 Å². The van der Waals surface area contributed by atoms with E-state index in [0.29, 0.717) is 25.3 Å². The van der Waals surface area contributed by atoms with Crippen molar-refractivity contribution in [1.29, 1.82) is 0 Å². The van der Waals surface area contributed by atoms with E-state index in [1.807, 2.05) is 19.1 Å². The summed E-state index contributed by atoms with van der Waals surface area (Å²) in [6.07, 6.45) is 5.84. The highest BCUT2D eigenvalue weighted by molar-refractivity contribution is 5.94. The first-order valence-electron chi connectivity index (χ1n) is 6.98. The fourth-order valence-corrected chi connectivity index (χ4v) is 2.35. The third kappa shape index (κ3) is 3.90. The zero-order chi connectivity index (χ0) is 14.4. The maximum atomic E-state index is 13.2. The minimum atomic E-state index is -0.381. The van der Waals surface area contributed by atoms with Crippen LogP contribution in [0, 0.1) is 5.82 Å². The Morgan fingerprint density at radius 1 is 1.55 bits per heavy atom. The van der Waals surface area contributed by atoms with E-state index >= 15 is 0 Å². The SMILES string of the molecule is C/C=C\COC1CCCN(C(=O)c2cccc(F)c2)C1. The molecular weight excluding hydrogens is 257 g/mol. The number of piperidine rings is 1. The number of likely N-dealkylation sites (tertiary alicyclic amines) is 1. The van der Waals surface area contributed by atoms with Crippen LogP contribution in [0.15, 0.2) is 36.4 Å². The fourth-order valence-electron chi connectivity index (χ4n) is 2.35. The smallest absolute Gasteiger partial charge is 0.254 e. The van der Waals surface area contributed by atoms with Gasteiger partial charge in [-0.1, -0.05) is 18.2 Å². The van der Waals surface area contributed by atoms with Gasteiger partial charge in [0.15, 0.2) is 0 Å². The zero-order valence-electron chi connectivity index (χ0n) is 11.7. The quantitative estimate of drug-likeness (QED) is 0.792. The molecule has 4 heteroatoms. The van der Waals surface area contributed by atoms with E-state index in [4.69, 9.17) is 4.74 Å². The lowest BCUT2D eigenvalue weighted by Gasteiger charge is -2.32. The molecule has 20 heavy (non-hydrogen) atoms. The predicted molar refractivity (Wildman–Crippen MR) is 76.1 cm³/mol. The van der Waals surface area contributed by atoms with Crippen LogP contribution in [0.2, 0.25) is 0 Å². The second kappa shape index (κ2) is 7.20. The van der Waals surface area contributed by atoms with Gasteiger partial charge in [0.25, 0.3) is 5.91 Å². The van der Waals surface area contributed by atoms with Crippen molar-refractivity contribution in [3.05, 3.63) is 47.8 Å². The minimum absolute atomic E-state index is 0.0671. The van der Waals surface area contributed by atoms with Crippen molar-refractivity contribution in [2.75, 3.05) is 19.7 Å². The van der Waals surface area contributed by atoms with E-state index in [2.05, 4.69) is 0 Å². The first-order valence-corrected chi connectivity index (χ1v) is 6.98. The number of allylic oxidation sites excluding steroid dienone is 1. The van der Waals surface area contributed by atoms with Gasteiger partial charge in [0.1, 0.15) is 5.82 Å². The summed E-state index contributed by atoms with van der Waals surface area (Å²) in [4.78, 5) is 14.1. The van der Waals surface area contributed by atoms with Crippen molar-refractivity contribution in [2.45, 2.75) is 25.9 Å². The van der Waals surface area contributed by atoms with Gasteiger partial charge in [0.05, 0.1) is 12.7 Å². The molecule has 1 aromatic carbocycles. The number of benzene rings is 1. The van der Waals surface area contributed by atoms with Crippen LogP contribution in [0.1, 0.15) is 30.1 Å². The molecule has 1 heterocycles. The number of carbonyl (C=O) groups is 1. The average molecular weight is 277 g/mol. The zero-order valence-corrected chi connectivity index (χ0v) is 11.7. The summed E-state index contributed by atoms with van der Waals surface area (Å²) in [5, 5.41) is 0. The maximum Gasteiger partial charge on any atom is 0.254 e. The molecule has 0 spiro atoms. The Kier molecular flexibility index (Phi) is 5.30. The highest BCUT2D eigenvalue weighted by atomic mass is 19.1. The fraction of sp³-hybridized carbons (Fsp3) is 0.438. The lowest BCUT2D eigenvalue weighted by molar-refractivity contribution is 0.0133. The van der Waals surface area contributed by atoms with Crippen LogP contribution in [-0.4, -0.2) is 36.6 Å². The Morgan fingerprint density at radius 2 is 2.40 bits per heavy atom. The molecule has 0 aliphatic carbocycles. The van der Waals surface area contributed by atoms with E-state index in [0.717, 1.165) is 12.8 Å². The van der Waals surface area contributed by atoms with Crippen LogP contribution < -0.4 is 0 Å². The van der Waals surface area contributed by atoms with Gasteiger partial charge in [-0.15, -0.1) is 0 Å². The van der Waals surface area contributed by atoms with Gasteiger partial charge < -0.3 is 9.64 Å². The number of nitrogens with zero attached hydrogens (tertiary/aromatic N) is 1. The van der Waals surface area contributed by atoms with Crippen molar-refractivity contribution in [3.63, 3.8) is 0 Å². The third-order valence-corrected chi connectivity index (χ3v) is 3.40. The van der Waals surface area contributed by atoms with E-state index in [-0.39, 0.29) is 17.8 Å². The van der Waals surface area contributed by atoms with Crippen LogP contribution in [0.25, 0.3) is 0 Å². The van der Waals surface area contributed by atoms with E-state index in [1.54, 1.807) is 17.0 Å². The van der Waals surface area contributed by atoms with Crippen LogP contribution in [0.3, 0.4) is 0 Å². The molecule has 0 bridgehead atoms. The summed E-state index contributed by atoms with van der Waals surface area (Å²) in [6, 6.07) is 5.84. The second-order valence-electron chi connectivity index (χ2n) is 4.93. The van der Waals surface area contributed by atoms with Crippen LogP contribution >= 0.6 is 0 Å². The standard InChI is InChI=1S/C16H20FNO2/c1-2-3-10-20-15-8-5-9-18(12-15)16(19)13-6-4-7-14(17)11-13/h2-4,6-7,11,15H,5,8-10,12H2,1H3/b3-2-. The maximum absolute atomic E-state index is 13.2. The van der Waals surface area contributed by atoms with Gasteiger partial charge >= 0.3 is 0 Å². The first-order chi connectivity index (χ1) is 9.70. The largest absolute Gasteiger partial charge is 0.372 e. The molecule has 0 aromatic heterocycles. The van der Waals surface area contributed by atoms with Gasteiger partial charge in [0, 0.05) is 18.7 Å². The van der Waals surface area contributed by atoms with Crippen molar-refractivity contribution in [3.8, 4) is 0 Å². The molecule has 0 N–H and O–H groups in total. The number of ether oxygens (including phenoxy) is 1. The van der Waals surface area contributed by atoms with Gasteiger partial charge in [-0.3, -0.25) is 4.79 Å². The molecule has 0 radical (unpaired) electrons. The average Bonchev–Trinajstić information content (AvgIpc) is 2.47. The molecule has 1 atom stereocenters. The normalized spacial score (nSPS) is 19.5. The Balaban J connectivity index is 1.96. The second-order valence-corrected chi connectivity index (χ2v) is 4.93. The number of rotatable bonds is 4. The summed E-state index contributed by atoms with van der Waals surface area (Å²) in [6.45, 7) is 3.80. The van der Waals surface area contributed by atoms with E-state index in [9.17, 15) is 9.18 Å². The summed E-state index contributed by atoms with van der Waals surface area (Å²) >= 11 is 0. The van der Waals surface area contributed by atoms with E-state index < -0.39 is 0 Å². The molecule has 1 aliphatic heterocycles. The Labute approximate surface area is 119 Å². The minimum Gasteiger partial charge on any atom is -0.372 e. The van der Waals surface area contributed by atoms with Gasteiger partial charge in [0.2, 0.25) is 0 Å². The Hall–Kier alpha value is -1.68. The monoisotopic (exact) mass is 277 g/mol. The molecule has 1 aliphatic rings. The highest BCUT2D eigenvalue weighted by Crippen LogP contribution is 2.16. The molecule has 1 saturated heterocycles. The number of amides is 1. The molecule has 0 saturated carbocycles.